The van der Waals surface area contributed by atoms with Gasteiger partial charge in [-0.05, 0) is 37.6 Å². The maximum atomic E-state index is 14.3. The van der Waals surface area contributed by atoms with Gasteiger partial charge >= 0.3 is 0 Å². The van der Waals surface area contributed by atoms with E-state index in [1.54, 1.807) is 13.0 Å². The normalized spacial score (nSPS) is 11.4. The molecule has 2 rings (SSSR count). The number of carbonyl (C=O) groups is 1. The molecule has 0 aliphatic rings. The van der Waals surface area contributed by atoms with Crippen LogP contribution in [0.2, 0.25) is 0 Å². The highest BCUT2D eigenvalue weighted by atomic mass is 32.2. The molecule has 0 bridgehead atoms. The number of carbonyl (C=O) groups excluding carboxylic acids is 1. The minimum Gasteiger partial charge on any atom is -0.491 e. The largest absolute Gasteiger partial charge is 0.491 e. The zero-order valence-electron chi connectivity index (χ0n) is 13.7. The van der Waals surface area contributed by atoms with E-state index in [4.69, 9.17) is 4.74 Å². The summed E-state index contributed by atoms with van der Waals surface area (Å²) < 4.78 is 59.8. The van der Waals surface area contributed by atoms with Crippen LogP contribution in [-0.2, 0) is 10.0 Å². The van der Waals surface area contributed by atoms with Crippen LogP contribution in [0.15, 0.2) is 41.3 Å². The number of nitrogens with one attached hydrogen (secondary N) is 1. The quantitative estimate of drug-likeness (QED) is 0.762. The van der Waals surface area contributed by atoms with Crippen LogP contribution in [0.25, 0.3) is 0 Å². The second kappa shape index (κ2) is 7.71. The van der Waals surface area contributed by atoms with Gasteiger partial charge in [-0.15, -0.1) is 0 Å². The fourth-order valence-electron chi connectivity index (χ4n) is 2.18. The Hall–Kier alpha value is -2.32. The number of ketones is 1. The standard InChI is InChI=1S/C17H17F2NO4S/c1-3-24-14-9-11(2)16(18)15(17(14)19)13(21)10-20-25(22,23)12-7-5-4-6-8-12/h4-9,20H,3,10H2,1-2H3. The summed E-state index contributed by atoms with van der Waals surface area (Å²) in [5.41, 5.74) is -0.793. The number of benzene rings is 2. The van der Waals surface area contributed by atoms with E-state index in [0.29, 0.717) is 0 Å². The molecule has 0 aliphatic heterocycles. The van der Waals surface area contributed by atoms with Crippen LogP contribution in [0, 0.1) is 18.6 Å². The van der Waals surface area contributed by atoms with Gasteiger partial charge in [-0.2, -0.15) is 0 Å². The zero-order valence-corrected chi connectivity index (χ0v) is 14.5. The molecular formula is C17H17F2NO4S. The highest BCUT2D eigenvalue weighted by molar-refractivity contribution is 7.89. The fourth-order valence-corrected chi connectivity index (χ4v) is 3.18. The number of sulfonamides is 1. The van der Waals surface area contributed by atoms with Gasteiger partial charge in [0.05, 0.1) is 23.6 Å². The summed E-state index contributed by atoms with van der Waals surface area (Å²) in [5, 5.41) is 0. The first-order chi connectivity index (χ1) is 11.8. The van der Waals surface area contributed by atoms with E-state index in [0.717, 1.165) is 6.07 Å². The lowest BCUT2D eigenvalue weighted by molar-refractivity contribution is 0.0987. The maximum Gasteiger partial charge on any atom is 0.240 e. The van der Waals surface area contributed by atoms with Crippen molar-refractivity contribution < 1.29 is 26.7 Å². The number of rotatable bonds is 7. The van der Waals surface area contributed by atoms with Crippen LogP contribution in [-0.4, -0.2) is 27.4 Å². The highest BCUT2D eigenvalue weighted by Crippen LogP contribution is 2.27. The molecule has 0 radical (unpaired) electrons. The van der Waals surface area contributed by atoms with Crippen molar-refractivity contribution in [1.29, 1.82) is 0 Å². The van der Waals surface area contributed by atoms with Crippen molar-refractivity contribution in [2.45, 2.75) is 18.7 Å². The summed E-state index contributed by atoms with van der Waals surface area (Å²) in [5.74, 6) is -3.46. The maximum absolute atomic E-state index is 14.3. The van der Waals surface area contributed by atoms with Gasteiger partial charge in [0.25, 0.3) is 0 Å². The molecule has 5 nitrogen and oxygen atoms in total. The predicted octanol–water partition coefficient (Wildman–Crippen LogP) is 2.83. The van der Waals surface area contributed by atoms with Crippen molar-refractivity contribution in [1.82, 2.24) is 4.72 Å². The molecule has 8 heteroatoms. The molecule has 2 aromatic rings. The average molecular weight is 369 g/mol. The van der Waals surface area contributed by atoms with E-state index in [2.05, 4.69) is 0 Å². The van der Waals surface area contributed by atoms with Gasteiger partial charge in [-0.3, -0.25) is 4.79 Å². The predicted molar refractivity (Wildman–Crippen MR) is 88.2 cm³/mol. The molecule has 0 amide bonds. The zero-order chi connectivity index (χ0) is 18.6. The molecule has 0 unspecified atom stereocenters. The van der Waals surface area contributed by atoms with Gasteiger partial charge < -0.3 is 4.74 Å². The monoisotopic (exact) mass is 369 g/mol. The third-order valence-corrected chi connectivity index (χ3v) is 4.82. The molecule has 0 heterocycles. The van der Waals surface area contributed by atoms with Gasteiger partial charge in [-0.1, -0.05) is 18.2 Å². The summed E-state index contributed by atoms with van der Waals surface area (Å²) in [6.07, 6.45) is 0. The summed E-state index contributed by atoms with van der Waals surface area (Å²) in [6.45, 7) is 2.34. The molecule has 1 N–H and O–H groups in total. The number of Topliss-reactive ketones (excluding diaryl/α,β-unsaturated/α-hetero) is 1. The van der Waals surface area contributed by atoms with Crippen molar-refractivity contribution in [3.63, 3.8) is 0 Å². The van der Waals surface area contributed by atoms with E-state index in [9.17, 15) is 22.0 Å². The number of halogens is 2. The van der Waals surface area contributed by atoms with E-state index >= 15 is 0 Å². The van der Waals surface area contributed by atoms with Crippen molar-refractivity contribution in [2.75, 3.05) is 13.2 Å². The Morgan fingerprint density at radius 3 is 2.40 bits per heavy atom. The molecular weight excluding hydrogens is 352 g/mol. The first kappa shape index (κ1) is 19.0. The summed E-state index contributed by atoms with van der Waals surface area (Å²) >= 11 is 0. The van der Waals surface area contributed by atoms with Crippen molar-refractivity contribution >= 4 is 15.8 Å². The Bertz CT molecular complexity index is 883. The van der Waals surface area contributed by atoms with Crippen LogP contribution >= 0.6 is 0 Å². The van der Waals surface area contributed by atoms with E-state index in [-0.39, 0.29) is 22.8 Å². The van der Waals surface area contributed by atoms with E-state index in [1.807, 2.05) is 4.72 Å². The molecule has 0 aromatic heterocycles. The Balaban J connectivity index is 2.27. The van der Waals surface area contributed by atoms with Crippen molar-refractivity contribution in [2.24, 2.45) is 0 Å². The highest BCUT2D eigenvalue weighted by Gasteiger charge is 2.25. The molecule has 0 saturated carbocycles. The number of aryl methyl sites for hydroxylation is 1. The van der Waals surface area contributed by atoms with Crippen LogP contribution < -0.4 is 9.46 Å². The molecule has 134 valence electrons. The number of hydrogen-bond donors (Lipinski definition) is 1. The first-order valence-electron chi connectivity index (χ1n) is 7.47. The van der Waals surface area contributed by atoms with Crippen LogP contribution in [0.5, 0.6) is 5.75 Å². The van der Waals surface area contributed by atoms with Crippen molar-refractivity contribution in [3.8, 4) is 5.75 Å². The molecule has 2 aromatic carbocycles. The molecule has 0 aliphatic carbocycles. The SMILES string of the molecule is CCOc1cc(C)c(F)c(C(=O)CNS(=O)(=O)c2ccccc2)c1F. The van der Waals surface area contributed by atoms with Crippen molar-refractivity contribution in [3.05, 3.63) is 59.2 Å². The molecule has 0 saturated heterocycles. The number of ether oxygens (including phenoxy) is 1. The van der Waals surface area contributed by atoms with Gasteiger partial charge in [0, 0.05) is 0 Å². The summed E-state index contributed by atoms with van der Waals surface area (Å²) in [6, 6.07) is 8.51. The van der Waals surface area contributed by atoms with Crippen LogP contribution in [0.1, 0.15) is 22.8 Å². The van der Waals surface area contributed by atoms with E-state index < -0.39 is 39.5 Å². The van der Waals surface area contributed by atoms with Crippen LogP contribution in [0.3, 0.4) is 0 Å². The first-order valence-corrected chi connectivity index (χ1v) is 8.95. The molecule has 25 heavy (non-hydrogen) atoms. The Morgan fingerprint density at radius 2 is 1.80 bits per heavy atom. The Kier molecular flexibility index (Phi) is 5.86. The lowest BCUT2D eigenvalue weighted by Crippen LogP contribution is -2.30. The van der Waals surface area contributed by atoms with Crippen LogP contribution in [0.4, 0.5) is 8.78 Å². The Labute approximate surface area is 144 Å². The summed E-state index contributed by atoms with van der Waals surface area (Å²) in [7, 11) is -3.97. The molecule has 0 fully saturated rings. The smallest absolute Gasteiger partial charge is 0.240 e. The Morgan fingerprint density at radius 1 is 1.16 bits per heavy atom. The lowest BCUT2D eigenvalue weighted by atomic mass is 10.0. The summed E-state index contributed by atoms with van der Waals surface area (Å²) in [4.78, 5) is 12.2. The lowest BCUT2D eigenvalue weighted by Gasteiger charge is -2.12. The van der Waals surface area contributed by atoms with Gasteiger partial charge in [-0.25, -0.2) is 21.9 Å². The third kappa shape index (κ3) is 4.21. The average Bonchev–Trinajstić information content (AvgIpc) is 2.59. The van der Waals surface area contributed by atoms with E-state index in [1.165, 1.54) is 31.2 Å². The topological polar surface area (TPSA) is 72.5 Å². The minimum absolute atomic E-state index is 0.0270. The van der Waals surface area contributed by atoms with Gasteiger partial charge in [0.1, 0.15) is 5.82 Å². The van der Waals surface area contributed by atoms with Gasteiger partial charge in [0.2, 0.25) is 10.0 Å². The molecule has 0 atom stereocenters. The second-order valence-electron chi connectivity index (χ2n) is 5.19. The second-order valence-corrected chi connectivity index (χ2v) is 6.96. The fraction of sp³-hybridized carbons (Fsp3) is 0.235. The number of hydrogen-bond acceptors (Lipinski definition) is 4. The van der Waals surface area contributed by atoms with Gasteiger partial charge in [0.15, 0.2) is 17.3 Å². The third-order valence-electron chi connectivity index (χ3n) is 3.40. The molecule has 0 spiro atoms. The minimum atomic E-state index is -3.97.